The minimum atomic E-state index is 0.0676. The third kappa shape index (κ3) is 4.17. The number of carbonyl (C=O) groups excluding carboxylic acids is 2. The fourth-order valence-electron chi connectivity index (χ4n) is 2.49. The number of hydrogen-bond donors (Lipinski definition) is 0. The predicted octanol–water partition coefficient (Wildman–Crippen LogP) is 3.92. The lowest BCUT2D eigenvalue weighted by atomic mass is 10.1. The molecule has 0 unspecified atom stereocenters. The highest BCUT2D eigenvalue weighted by molar-refractivity contribution is 7.12. The average molecular weight is 295 g/mol. The fraction of sp³-hybridized carbons (Fsp3) is 0.625. The lowest BCUT2D eigenvalue weighted by Gasteiger charge is -2.30. The molecular weight excluding hydrogens is 270 g/mol. The van der Waals surface area contributed by atoms with Crippen molar-refractivity contribution in [2.24, 2.45) is 0 Å². The zero-order valence-electron chi connectivity index (χ0n) is 13.1. The van der Waals surface area contributed by atoms with Gasteiger partial charge in [-0.25, -0.2) is 0 Å². The summed E-state index contributed by atoms with van der Waals surface area (Å²) in [6, 6.07) is 2.34. The zero-order chi connectivity index (χ0) is 15.3. The Morgan fingerprint density at radius 3 is 2.25 bits per heavy atom. The molecule has 0 N–H and O–H groups in total. The molecule has 1 rings (SSSR count). The molecule has 0 atom stereocenters. The van der Waals surface area contributed by atoms with Crippen LogP contribution in [0, 0.1) is 0 Å². The van der Waals surface area contributed by atoms with E-state index >= 15 is 0 Å². The highest BCUT2D eigenvalue weighted by atomic mass is 32.1. The summed E-state index contributed by atoms with van der Waals surface area (Å²) in [7, 11) is 0. The molecule has 0 radical (unpaired) electrons. The van der Waals surface area contributed by atoms with Gasteiger partial charge in [0.05, 0.1) is 4.88 Å². The second-order valence-corrected chi connectivity index (χ2v) is 6.46. The van der Waals surface area contributed by atoms with Crippen LogP contribution in [0.4, 0.5) is 0 Å². The van der Waals surface area contributed by atoms with E-state index in [0.29, 0.717) is 12.8 Å². The summed E-state index contributed by atoms with van der Waals surface area (Å²) in [5, 5.41) is 1.95. The third-order valence-electron chi connectivity index (χ3n) is 3.35. The molecule has 0 aromatic carbocycles. The van der Waals surface area contributed by atoms with Gasteiger partial charge in [-0.2, -0.15) is 0 Å². The van der Waals surface area contributed by atoms with E-state index in [1.54, 1.807) is 0 Å². The molecule has 20 heavy (non-hydrogen) atoms. The summed E-state index contributed by atoms with van der Waals surface area (Å²) >= 11 is 1.48. The van der Waals surface area contributed by atoms with Gasteiger partial charge >= 0.3 is 0 Å². The SMILES string of the molecule is CCc1ccsc1C(=O)CCC(=O)N(C(C)C)C(C)C. The van der Waals surface area contributed by atoms with Gasteiger partial charge in [0.15, 0.2) is 5.78 Å². The standard InChI is InChI=1S/C16H25NO2S/c1-6-13-9-10-20-16(13)14(18)7-8-15(19)17(11(2)3)12(4)5/h9-12H,6-8H2,1-5H3. The Morgan fingerprint density at radius 1 is 1.15 bits per heavy atom. The fourth-order valence-corrected chi connectivity index (χ4v) is 3.46. The summed E-state index contributed by atoms with van der Waals surface area (Å²) in [6.07, 6.45) is 1.47. The van der Waals surface area contributed by atoms with Gasteiger partial charge in [-0.15, -0.1) is 11.3 Å². The number of ketones is 1. The molecule has 0 aliphatic carbocycles. The van der Waals surface area contributed by atoms with Gasteiger partial charge in [-0.3, -0.25) is 9.59 Å². The van der Waals surface area contributed by atoms with Crippen LogP contribution in [0.15, 0.2) is 11.4 Å². The largest absolute Gasteiger partial charge is 0.338 e. The molecule has 0 bridgehead atoms. The van der Waals surface area contributed by atoms with E-state index in [1.165, 1.54) is 11.3 Å². The van der Waals surface area contributed by atoms with Gasteiger partial charge < -0.3 is 4.90 Å². The Balaban J connectivity index is 2.63. The summed E-state index contributed by atoms with van der Waals surface area (Å²) in [5.41, 5.74) is 1.09. The third-order valence-corrected chi connectivity index (χ3v) is 4.35. The first kappa shape index (κ1) is 16.9. The Labute approximate surface area is 126 Å². The van der Waals surface area contributed by atoms with Crippen LogP contribution in [-0.4, -0.2) is 28.7 Å². The van der Waals surface area contributed by atoms with Crippen LogP contribution in [0.5, 0.6) is 0 Å². The van der Waals surface area contributed by atoms with Crippen molar-refractivity contribution in [1.29, 1.82) is 0 Å². The maximum Gasteiger partial charge on any atom is 0.223 e. The molecule has 0 fully saturated rings. The quantitative estimate of drug-likeness (QED) is 0.715. The first-order valence-electron chi connectivity index (χ1n) is 7.29. The molecule has 4 heteroatoms. The van der Waals surface area contributed by atoms with E-state index in [2.05, 4.69) is 0 Å². The molecule has 0 spiro atoms. The van der Waals surface area contributed by atoms with E-state index in [0.717, 1.165) is 16.9 Å². The van der Waals surface area contributed by atoms with Crippen molar-refractivity contribution in [3.63, 3.8) is 0 Å². The number of carbonyl (C=O) groups is 2. The van der Waals surface area contributed by atoms with Crippen LogP contribution in [0.25, 0.3) is 0 Å². The van der Waals surface area contributed by atoms with Crippen molar-refractivity contribution in [3.05, 3.63) is 21.9 Å². The number of hydrogen-bond acceptors (Lipinski definition) is 3. The second-order valence-electron chi connectivity index (χ2n) is 5.54. The summed E-state index contributed by atoms with van der Waals surface area (Å²) in [6.45, 7) is 10.1. The molecule has 112 valence electrons. The molecule has 0 saturated heterocycles. The van der Waals surface area contributed by atoms with Crippen LogP contribution < -0.4 is 0 Å². The molecule has 1 heterocycles. The smallest absolute Gasteiger partial charge is 0.223 e. The molecule has 1 aromatic rings. The molecule has 1 aromatic heterocycles. The topological polar surface area (TPSA) is 37.4 Å². The first-order valence-corrected chi connectivity index (χ1v) is 8.17. The van der Waals surface area contributed by atoms with E-state index in [4.69, 9.17) is 0 Å². The zero-order valence-corrected chi connectivity index (χ0v) is 13.9. The van der Waals surface area contributed by atoms with Crippen LogP contribution in [0.1, 0.15) is 62.7 Å². The van der Waals surface area contributed by atoms with Crippen LogP contribution >= 0.6 is 11.3 Å². The van der Waals surface area contributed by atoms with Gasteiger partial charge in [-0.05, 0) is 51.1 Å². The normalized spacial score (nSPS) is 11.2. The monoisotopic (exact) mass is 295 g/mol. The number of amides is 1. The molecule has 0 saturated carbocycles. The van der Waals surface area contributed by atoms with Crippen molar-refractivity contribution < 1.29 is 9.59 Å². The van der Waals surface area contributed by atoms with Gasteiger partial charge in [0, 0.05) is 24.9 Å². The molecule has 0 aliphatic heterocycles. The predicted molar refractivity (Wildman–Crippen MR) is 84.4 cm³/mol. The second kappa shape index (κ2) is 7.58. The van der Waals surface area contributed by atoms with Crippen molar-refractivity contribution in [2.45, 2.75) is 66.0 Å². The summed E-state index contributed by atoms with van der Waals surface area (Å²) < 4.78 is 0. The number of thiophene rings is 1. The number of nitrogens with zero attached hydrogens (tertiary/aromatic N) is 1. The highest BCUT2D eigenvalue weighted by Crippen LogP contribution is 2.20. The Bertz CT molecular complexity index is 455. The van der Waals surface area contributed by atoms with Crippen molar-refractivity contribution >= 4 is 23.0 Å². The molecular formula is C16H25NO2S. The van der Waals surface area contributed by atoms with Gasteiger partial charge in [0.1, 0.15) is 0 Å². The Hall–Kier alpha value is -1.16. The summed E-state index contributed by atoms with van der Waals surface area (Å²) in [5.74, 6) is 0.163. The minimum Gasteiger partial charge on any atom is -0.338 e. The Morgan fingerprint density at radius 2 is 1.75 bits per heavy atom. The van der Waals surface area contributed by atoms with Gasteiger partial charge in [0.25, 0.3) is 0 Å². The Kier molecular flexibility index (Phi) is 6.40. The lowest BCUT2D eigenvalue weighted by Crippen LogP contribution is -2.42. The maximum absolute atomic E-state index is 12.2. The highest BCUT2D eigenvalue weighted by Gasteiger charge is 2.21. The number of rotatable bonds is 7. The van der Waals surface area contributed by atoms with Crippen molar-refractivity contribution in [1.82, 2.24) is 4.90 Å². The lowest BCUT2D eigenvalue weighted by molar-refractivity contribution is -0.134. The van der Waals surface area contributed by atoms with E-state index < -0.39 is 0 Å². The first-order chi connectivity index (χ1) is 9.38. The van der Waals surface area contributed by atoms with Gasteiger partial charge in [-0.1, -0.05) is 6.92 Å². The molecule has 3 nitrogen and oxygen atoms in total. The minimum absolute atomic E-state index is 0.0676. The maximum atomic E-state index is 12.2. The van der Waals surface area contributed by atoms with E-state index in [9.17, 15) is 9.59 Å². The van der Waals surface area contributed by atoms with Crippen LogP contribution in [0.2, 0.25) is 0 Å². The number of Topliss-reactive ketones (excluding diaryl/α,β-unsaturated/α-hetero) is 1. The molecule has 1 amide bonds. The van der Waals surface area contributed by atoms with E-state index in [-0.39, 0.29) is 23.8 Å². The van der Waals surface area contributed by atoms with Crippen molar-refractivity contribution in [2.75, 3.05) is 0 Å². The van der Waals surface area contributed by atoms with Crippen LogP contribution in [-0.2, 0) is 11.2 Å². The molecule has 0 aliphatic rings. The average Bonchev–Trinajstić information content (AvgIpc) is 2.83. The number of aryl methyl sites for hydroxylation is 1. The van der Waals surface area contributed by atoms with Gasteiger partial charge in [0.2, 0.25) is 5.91 Å². The van der Waals surface area contributed by atoms with Crippen LogP contribution in [0.3, 0.4) is 0 Å². The summed E-state index contributed by atoms with van der Waals surface area (Å²) in [4.78, 5) is 27.1. The van der Waals surface area contributed by atoms with Crippen molar-refractivity contribution in [3.8, 4) is 0 Å². The van der Waals surface area contributed by atoms with E-state index in [1.807, 2.05) is 51.0 Å².